The van der Waals surface area contributed by atoms with Crippen LogP contribution in [0.4, 0.5) is 11.4 Å². The highest BCUT2D eigenvalue weighted by Gasteiger charge is 2.68. The summed E-state index contributed by atoms with van der Waals surface area (Å²) in [7, 11) is 0. The second kappa shape index (κ2) is 6.68. The number of carbonyl (C=O) groups excluding carboxylic acids is 3. The molecule has 2 amide bonds. The van der Waals surface area contributed by atoms with Gasteiger partial charge in [0.1, 0.15) is 12.0 Å². The van der Waals surface area contributed by atoms with Crippen molar-refractivity contribution in [1.82, 2.24) is 0 Å². The number of amides is 2. The van der Waals surface area contributed by atoms with E-state index in [-0.39, 0.29) is 11.4 Å². The molecule has 7 nitrogen and oxygen atoms in total. The molecule has 3 aromatic carbocycles. The van der Waals surface area contributed by atoms with Crippen molar-refractivity contribution in [2.45, 2.75) is 11.3 Å². The highest BCUT2D eigenvalue weighted by molar-refractivity contribution is 9.10. The van der Waals surface area contributed by atoms with Gasteiger partial charge >= 0.3 is 0 Å². The van der Waals surface area contributed by atoms with Gasteiger partial charge in [-0.1, -0.05) is 64.5 Å². The molecule has 0 N–H and O–H groups in total. The minimum absolute atomic E-state index is 0.0823. The van der Waals surface area contributed by atoms with Crippen LogP contribution in [0.15, 0.2) is 71.2 Å². The molecule has 0 radical (unpaired) electrons. The van der Waals surface area contributed by atoms with Gasteiger partial charge in [0, 0.05) is 16.5 Å². The van der Waals surface area contributed by atoms with E-state index in [1.807, 2.05) is 48.5 Å². The molecule has 3 aliphatic carbocycles. The summed E-state index contributed by atoms with van der Waals surface area (Å²) in [5.41, 5.74) is 1.36. The van der Waals surface area contributed by atoms with Gasteiger partial charge in [-0.3, -0.25) is 19.7 Å². The minimum atomic E-state index is -1.34. The smallest absolute Gasteiger partial charge is 0.294 e. The maximum Gasteiger partial charge on any atom is 0.294 e. The number of imide groups is 1. The summed E-state index contributed by atoms with van der Waals surface area (Å²) in [6.07, 6.45) is 0.780. The molecular formula is C25H15BrN2O5. The fourth-order valence-electron chi connectivity index (χ4n) is 6.10. The molecule has 2 bridgehead atoms. The van der Waals surface area contributed by atoms with Crippen molar-refractivity contribution in [2.24, 2.45) is 11.8 Å². The molecule has 0 spiro atoms. The van der Waals surface area contributed by atoms with Crippen molar-refractivity contribution in [2.75, 3.05) is 4.90 Å². The molecule has 4 aliphatic rings. The Hall–Kier alpha value is -3.65. The van der Waals surface area contributed by atoms with Gasteiger partial charge in [0.2, 0.25) is 11.8 Å². The molecule has 8 heteroatoms. The van der Waals surface area contributed by atoms with Gasteiger partial charge < -0.3 is 4.79 Å². The number of nitro groups is 1. The van der Waals surface area contributed by atoms with Crippen molar-refractivity contribution in [1.29, 1.82) is 0 Å². The normalized spacial score (nSPS) is 26.6. The van der Waals surface area contributed by atoms with Gasteiger partial charge in [-0.2, -0.15) is 0 Å². The molecule has 1 saturated heterocycles. The van der Waals surface area contributed by atoms with E-state index in [1.165, 1.54) is 12.1 Å². The van der Waals surface area contributed by atoms with Crippen LogP contribution in [0.3, 0.4) is 0 Å². The SMILES string of the molecule is O=CC12c3ccccc3C(c3ccccc31)[C@H]1C(=O)N(c3ccc(Br)cc3[N+](=O)[O-])C(=O)[C@H]12. The Kier molecular flexibility index (Phi) is 4.05. The van der Waals surface area contributed by atoms with Crippen molar-refractivity contribution < 1.29 is 19.3 Å². The van der Waals surface area contributed by atoms with E-state index >= 15 is 0 Å². The predicted molar refractivity (Wildman–Crippen MR) is 122 cm³/mol. The highest BCUT2D eigenvalue weighted by Crippen LogP contribution is 2.63. The first-order valence-electron chi connectivity index (χ1n) is 10.4. The van der Waals surface area contributed by atoms with E-state index in [0.29, 0.717) is 4.47 Å². The van der Waals surface area contributed by atoms with Crippen LogP contribution >= 0.6 is 15.9 Å². The van der Waals surface area contributed by atoms with E-state index < -0.39 is 39.9 Å². The maximum absolute atomic E-state index is 13.9. The molecule has 1 fully saturated rings. The maximum atomic E-state index is 13.9. The number of nitrogens with zero attached hydrogens (tertiary/aromatic N) is 2. The van der Waals surface area contributed by atoms with Crippen LogP contribution in [0.2, 0.25) is 0 Å². The summed E-state index contributed by atoms with van der Waals surface area (Å²) in [5.74, 6) is -3.32. The minimum Gasteiger partial charge on any atom is -0.302 e. The van der Waals surface area contributed by atoms with Gasteiger partial charge in [-0.25, -0.2) is 4.90 Å². The Balaban J connectivity index is 1.64. The molecule has 33 heavy (non-hydrogen) atoms. The molecule has 0 saturated carbocycles. The molecule has 7 rings (SSSR count). The Morgan fingerprint density at radius 1 is 0.939 bits per heavy atom. The number of aldehydes is 1. The Morgan fingerprint density at radius 2 is 1.55 bits per heavy atom. The number of hydrogen-bond acceptors (Lipinski definition) is 5. The van der Waals surface area contributed by atoms with Gasteiger partial charge in [0.05, 0.1) is 22.2 Å². The Morgan fingerprint density at radius 3 is 2.12 bits per heavy atom. The Bertz CT molecular complexity index is 1370. The zero-order valence-electron chi connectivity index (χ0n) is 17.0. The average molecular weight is 503 g/mol. The summed E-state index contributed by atoms with van der Waals surface area (Å²) < 4.78 is 0.457. The molecule has 0 aromatic heterocycles. The van der Waals surface area contributed by atoms with E-state index in [0.717, 1.165) is 33.4 Å². The number of benzene rings is 3. The second-order valence-electron chi connectivity index (χ2n) is 8.54. The van der Waals surface area contributed by atoms with Crippen LogP contribution in [0, 0.1) is 22.0 Å². The Labute approximate surface area is 196 Å². The fourth-order valence-corrected chi connectivity index (χ4v) is 6.45. The number of nitro benzene ring substituents is 1. The van der Waals surface area contributed by atoms with Gasteiger partial charge in [-0.05, 0) is 34.4 Å². The lowest BCUT2D eigenvalue weighted by molar-refractivity contribution is -0.384. The zero-order chi connectivity index (χ0) is 23.1. The van der Waals surface area contributed by atoms with Gasteiger partial charge in [-0.15, -0.1) is 0 Å². The summed E-state index contributed by atoms with van der Waals surface area (Å²) >= 11 is 3.21. The third kappa shape index (κ3) is 2.31. The third-order valence-electron chi connectivity index (χ3n) is 7.24. The number of hydrogen-bond donors (Lipinski definition) is 0. The summed E-state index contributed by atoms with van der Waals surface area (Å²) in [6.45, 7) is 0. The van der Waals surface area contributed by atoms with Crippen molar-refractivity contribution in [3.8, 4) is 0 Å². The molecule has 1 aliphatic heterocycles. The quantitative estimate of drug-likeness (QED) is 0.232. The van der Waals surface area contributed by atoms with Crippen LogP contribution in [0.5, 0.6) is 0 Å². The van der Waals surface area contributed by atoms with E-state index in [2.05, 4.69) is 15.9 Å². The first kappa shape index (κ1) is 20.0. The van der Waals surface area contributed by atoms with Gasteiger partial charge in [0.15, 0.2) is 0 Å². The number of rotatable bonds is 3. The predicted octanol–water partition coefficient (Wildman–Crippen LogP) is 4.11. The first-order chi connectivity index (χ1) is 15.9. The molecule has 1 heterocycles. The molecular weight excluding hydrogens is 488 g/mol. The van der Waals surface area contributed by atoms with E-state index in [1.54, 1.807) is 6.07 Å². The molecule has 2 atom stereocenters. The standard InChI is InChI=1S/C25H15BrN2O5/c26-13-9-10-18(19(11-13)28(32)33)27-23(30)21-20-14-5-1-3-7-16(14)25(12-29,22(21)24(27)31)17-8-4-2-6-15(17)20/h1-12,20-22H/t20?,21-,22+,25?/m1/s1. The van der Waals surface area contributed by atoms with E-state index in [4.69, 9.17) is 0 Å². The highest BCUT2D eigenvalue weighted by atomic mass is 79.9. The monoisotopic (exact) mass is 502 g/mol. The van der Waals surface area contributed by atoms with Crippen molar-refractivity contribution in [3.05, 3.63) is 104 Å². The average Bonchev–Trinajstić information content (AvgIpc) is 3.10. The molecule has 3 aromatic rings. The fraction of sp³-hybridized carbons (Fsp3) is 0.160. The number of halogens is 1. The largest absolute Gasteiger partial charge is 0.302 e. The lowest BCUT2D eigenvalue weighted by Crippen LogP contribution is -2.54. The summed E-state index contributed by atoms with van der Waals surface area (Å²) in [5, 5.41) is 11.8. The van der Waals surface area contributed by atoms with Crippen LogP contribution in [-0.2, 0) is 19.8 Å². The van der Waals surface area contributed by atoms with E-state index in [9.17, 15) is 24.5 Å². The summed E-state index contributed by atoms with van der Waals surface area (Å²) in [6, 6.07) is 19.0. The van der Waals surface area contributed by atoms with Crippen molar-refractivity contribution >= 4 is 45.4 Å². The van der Waals surface area contributed by atoms with Crippen LogP contribution < -0.4 is 4.90 Å². The number of anilines is 1. The lowest BCUT2D eigenvalue weighted by atomic mass is 9.48. The summed E-state index contributed by atoms with van der Waals surface area (Å²) in [4.78, 5) is 52.7. The molecule has 162 valence electrons. The van der Waals surface area contributed by atoms with Gasteiger partial charge in [0.25, 0.3) is 5.69 Å². The van der Waals surface area contributed by atoms with Crippen LogP contribution in [0.25, 0.3) is 0 Å². The first-order valence-corrected chi connectivity index (χ1v) is 11.2. The zero-order valence-corrected chi connectivity index (χ0v) is 18.6. The second-order valence-corrected chi connectivity index (χ2v) is 9.46. The lowest BCUT2D eigenvalue weighted by Gasteiger charge is -2.51. The van der Waals surface area contributed by atoms with Crippen LogP contribution in [-0.4, -0.2) is 23.0 Å². The van der Waals surface area contributed by atoms with Crippen molar-refractivity contribution in [3.63, 3.8) is 0 Å². The number of carbonyl (C=O) groups is 3. The third-order valence-corrected chi connectivity index (χ3v) is 7.74. The topological polar surface area (TPSA) is 97.6 Å². The molecule has 0 unspecified atom stereocenters. The van der Waals surface area contributed by atoms with Crippen LogP contribution in [0.1, 0.15) is 28.2 Å².